The summed E-state index contributed by atoms with van der Waals surface area (Å²) < 4.78 is 5.76. The zero-order chi connectivity index (χ0) is 14.3. The van der Waals surface area contributed by atoms with E-state index in [1.165, 1.54) is 11.1 Å². The molecular weight excluding hydrogens is 234 g/mol. The molecule has 0 fully saturated rings. The van der Waals surface area contributed by atoms with E-state index < -0.39 is 0 Å². The Labute approximate surface area is 117 Å². The minimum Gasteiger partial charge on any atom is -0.494 e. The van der Waals surface area contributed by atoms with Crippen LogP contribution in [0.4, 0.5) is 0 Å². The number of benzene rings is 1. The molecule has 1 aromatic rings. The van der Waals surface area contributed by atoms with Gasteiger partial charge in [-0.15, -0.1) is 0 Å². The Bertz CT molecular complexity index is 441. The molecule has 104 valence electrons. The first-order valence-electron chi connectivity index (χ1n) is 7.18. The van der Waals surface area contributed by atoms with Crippen LogP contribution in [0.2, 0.25) is 0 Å². The van der Waals surface area contributed by atoms with Gasteiger partial charge >= 0.3 is 0 Å². The Morgan fingerprint density at radius 1 is 1.16 bits per heavy atom. The lowest BCUT2D eigenvalue weighted by Crippen LogP contribution is -2.17. The maximum atomic E-state index is 9.27. The highest BCUT2D eigenvalue weighted by molar-refractivity contribution is 5.33. The molecule has 0 unspecified atom stereocenters. The van der Waals surface area contributed by atoms with Crippen molar-refractivity contribution in [1.82, 2.24) is 0 Å². The first kappa shape index (κ1) is 15.6. The summed E-state index contributed by atoms with van der Waals surface area (Å²) in [5, 5.41) is 9.27. The van der Waals surface area contributed by atoms with Gasteiger partial charge in [0.2, 0.25) is 0 Å². The van der Waals surface area contributed by atoms with Crippen molar-refractivity contribution in [2.24, 2.45) is 5.41 Å². The highest BCUT2D eigenvalue weighted by Crippen LogP contribution is 2.31. The second kappa shape index (κ2) is 7.19. The lowest BCUT2D eigenvalue weighted by Gasteiger charge is -2.23. The van der Waals surface area contributed by atoms with E-state index in [1.54, 1.807) is 0 Å². The summed E-state index contributed by atoms with van der Waals surface area (Å²) >= 11 is 0. The van der Waals surface area contributed by atoms with Crippen LogP contribution < -0.4 is 4.74 Å². The molecule has 2 heteroatoms. The fraction of sp³-hybridized carbons (Fsp3) is 0.588. The molecule has 0 radical (unpaired) electrons. The van der Waals surface area contributed by atoms with Crippen molar-refractivity contribution in [2.75, 3.05) is 6.61 Å². The van der Waals surface area contributed by atoms with Crippen molar-refractivity contribution >= 4 is 0 Å². The molecule has 0 aliphatic heterocycles. The molecule has 0 amide bonds. The molecule has 1 aromatic carbocycles. The Morgan fingerprint density at radius 2 is 1.84 bits per heavy atom. The average molecular weight is 259 g/mol. The lowest BCUT2D eigenvalue weighted by atomic mass is 9.80. The molecule has 19 heavy (non-hydrogen) atoms. The Hall–Kier alpha value is -1.49. The molecule has 0 atom stereocenters. The predicted molar refractivity (Wildman–Crippen MR) is 79.3 cm³/mol. The molecule has 0 aromatic heterocycles. The van der Waals surface area contributed by atoms with Crippen LogP contribution in [0, 0.1) is 30.6 Å². The summed E-state index contributed by atoms with van der Waals surface area (Å²) in [4.78, 5) is 0. The number of hydrogen-bond donors (Lipinski definition) is 0. The van der Waals surface area contributed by atoms with Gasteiger partial charge in [-0.1, -0.05) is 19.9 Å². The number of nitriles is 1. The number of aryl methyl sites for hydroxylation is 2. The van der Waals surface area contributed by atoms with E-state index >= 15 is 0 Å². The van der Waals surface area contributed by atoms with Crippen LogP contribution in [0.5, 0.6) is 5.75 Å². The molecule has 0 saturated carbocycles. The molecule has 1 rings (SSSR count). The summed E-state index contributed by atoms with van der Waals surface area (Å²) in [7, 11) is 0. The summed E-state index contributed by atoms with van der Waals surface area (Å²) in [6.07, 6.45) is 3.69. The molecule has 0 aliphatic rings. The van der Waals surface area contributed by atoms with Crippen molar-refractivity contribution in [3.8, 4) is 11.8 Å². The van der Waals surface area contributed by atoms with Gasteiger partial charge in [-0.3, -0.25) is 0 Å². The predicted octanol–water partition coefficient (Wildman–Crippen LogP) is 4.79. The first-order chi connectivity index (χ1) is 9.06. The maximum Gasteiger partial charge on any atom is 0.119 e. The van der Waals surface area contributed by atoms with Gasteiger partial charge in [-0.25, -0.2) is 0 Å². The van der Waals surface area contributed by atoms with E-state index in [0.29, 0.717) is 6.61 Å². The van der Waals surface area contributed by atoms with Crippen LogP contribution in [-0.2, 0) is 0 Å². The van der Waals surface area contributed by atoms with Gasteiger partial charge in [0.25, 0.3) is 0 Å². The third kappa shape index (κ3) is 4.28. The van der Waals surface area contributed by atoms with Crippen LogP contribution in [0.25, 0.3) is 0 Å². The molecule has 0 bridgehead atoms. The Kier molecular flexibility index (Phi) is 5.89. The summed E-state index contributed by atoms with van der Waals surface area (Å²) in [5.41, 5.74) is 2.38. The number of nitrogens with zero attached hydrogens (tertiary/aromatic N) is 1. The first-order valence-corrected chi connectivity index (χ1v) is 7.18. The number of ether oxygens (including phenoxy) is 1. The van der Waals surface area contributed by atoms with E-state index in [2.05, 4.69) is 45.9 Å². The third-order valence-electron chi connectivity index (χ3n) is 4.14. The normalized spacial score (nSPS) is 11.1. The quantitative estimate of drug-likeness (QED) is 0.659. The molecule has 0 heterocycles. The van der Waals surface area contributed by atoms with Gasteiger partial charge in [0.05, 0.1) is 18.1 Å². The lowest BCUT2D eigenvalue weighted by molar-refractivity contribution is 0.259. The highest BCUT2D eigenvalue weighted by atomic mass is 16.5. The van der Waals surface area contributed by atoms with Crippen LogP contribution in [0.3, 0.4) is 0 Å². The Balaban J connectivity index is 2.42. The van der Waals surface area contributed by atoms with Crippen LogP contribution in [0.1, 0.15) is 50.7 Å². The molecule has 0 spiro atoms. The standard InChI is InChI=1S/C17H25NO/c1-5-17(6-2,13-18)10-7-11-19-16-9-8-14(3)15(4)12-16/h8-9,12H,5-7,10-11H2,1-4H3. The number of hydrogen-bond acceptors (Lipinski definition) is 2. The van der Waals surface area contributed by atoms with Crippen LogP contribution in [0.15, 0.2) is 18.2 Å². The van der Waals surface area contributed by atoms with Crippen LogP contribution in [-0.4, -0.2) is 6.61 Å². The average Bonchev–Trinajstić information content (AvgIpc) is 2.44. The zero-order valence-electron chi connectivity index (χ0n) is 12.6. The molecule has 0 saturated heterocycles. The minimum atomic E-state index is -0.160. The van der Waals surface area contributed by atoms with Gasteiger partial charge in [0.15, 0.2) is 0 Å². The maximum absolute atomic E-state index is 9.27. The molecule has 0 aliphatic carbocycles. The van der Waals surface area contributed by atoms with E-state index in [-0.39, 0.29) is 5.41 Å². The summed E-state index contributed by atoms with van der Waals surface area (Å²) in [6.45, 7) is 9.07. The minimum absolute atomic E-state index is 0.160. The third-order valence-corrected chi connectivity index (χ3v) is 4.14. The fourth-order valence-corrected chi connectivity index (χ4v) is 2.22. The van der Waals surface area contributed by atoms with Gasteiger partial charge in [0.1, 0.15) is 5.75 Å². The van der Waals surface area contributed by atoms with Gasteiger partial charge in [-0.05, 0) is 62.8 Å². The van der Waals surface area contributed by atoms with Crippen molar-refractivity contribution in [1.29, 1.82) is 5.26 Å². The van der Waals surface area contributed by atoms with Gasteiger partial charge in [0, 0.05) is 0 Å². The molecule has 0 N–H and O–H groups in total. The van der Waals surface area contributed by atoms with E-state index in [9.17, 15) is 5.26 Å². The largest absolute Gasteiger partial charge is 0.494 e. The van der Waals surface area contributed by atoms with Crippen molar-refractivity contribution < 1.29 is 4.74 Å². The van der Waals surface area contributed by atoms with Gasteiger partial charge < -0.3 is 4.74 Å². The fourth-order valence-electron chi connectivity index (χ4n) is 2.22. The highest BCUT2D eigenvalue weighted by Gasteiger charge is 2.24. The molecule has 2 nitrogen and oxygen atoms in total. The SMILES string of the molecule is CCC(C#N)(CC)CCCOc1ccc(C)c(C)c1. The van der Waals surface area contributed by atoms with Crippen LogP contribution >= 0.6 is 0 Å². The van der Waals surface area contributed by atoms with Crippen molar-refractivity contribution in [2.45, 2.75) is 53.4 Å². The number of rotatable bonds is 7. The summed E-state index contributed by atoms with van der Waals surface area (Å²) in [5.74, 6) is 0.929. The van der Waals surface area contributed by atoms with E-state index in [0.717, 1.165) is 31.4 Å². The van der Waals surface area contributed by atoms with Gasteiger partial charge in [-0.2, -0.15) is 5.26 Å². The molecular formula is C17H25NO. The smallest absolute Gasteiger partial charge is 0.119 e. The van der Waals surface area contributed by atoms with E-state index in [4.69, 9.17) is 4.74 Å². The zero-order valence-corrected chi connectivity index (χ0v) is 12.6. The Morgan fingerprint density at radius 3 is 2.37 bits per heavy atom. The monoisotopic (exact) mass is 259 g/mol. The van der Waals surface area contributed by atoms with E-state index in [1.807, 2.05) is 6.07 Å². The second-order valence-electron chi connectivity index (χ2n) is 5.30. The topological polar surface area (TPSA) is 33.0 Å². The van der Waals surface area contributed by atoms with Crippen molar-refractivity contribution in [3.63, 3.8) is 0 Å². The van der Waals surface area contributed by atoms with Crippen molar-refractivity contribution in [3.05, 3.63) is 29.3 Å². The second-order valence-corrected chi connectivity index (χ2v) is 5.30. The summed E-state index contributed by atoms with van der Waals surface area (Å²) in [6, 6.07) is 8.65.